The molecule has 6 rings (SSSR count). The molecular formula is C23H14N4S. The lowest BCUT2D eigenvalue weighted by molar-refractivity contribution is 1.10. The zero-order valence-electron chi connectivity index (χ0n) is 14.8. The molecule has 0 spiro atoms. The Morgan fingerprint density at radius 2 is 1.18 bits per heavy atom. The summed E-state index contributed by atoms with van der Waals surface area (Å²) in [5.74, 6) is 0.887. The molecule has 4 heterocycles. The smallest absolute Gasteiger partial charge is 0.137 e. The van der Waals surface area contributed by atoms with Gasteiger partial charge in [0, 0.05) is 29.4 Å². The van der Waals surface area contributed by atoms with Crippen molar-refractivity contribution in [1.82, 2.24) is 15.0 Å². The summed E-state index contributed by atoms with van der Waals surface area (Å²) in [4.78, 5) is 18.5. The van der Waals surface area contributed by atoms with E-state index in [9.17, 15) is 0 Å². The van der Waals surface area contributed by atoms with Crippen molar-refractivity contribution in [2.75, 3.05) is 4.90 Å². The van der Waals surface area contributed by atoms with E-state index in [1.165, 1.54) is 0 Å². The van der Waals surface area contributed by atoms with Crippen LogP contribution in [-0.4, -0.2) is 15.0 Å². The molecule has 0 fully saturated rings. The van der Waals surface area contributed by atoms with Gasteiger partial charge in [-0.05, 0) is 24.3 Å². The number of hydrogen-bond donors (Lipinski definition) is 0. The highest BCUT2D eigenvalue weighted by Crippen LogP contribution is 2.54. The molecule has 0 aliphatic carbocycles. The van der Waals surface area contributed by atoms with Crippen LogP contribution >= 0.6 is 11.8 Å². The van der Waals surface area contributed by atoms with Gasteiger partial charge in [-0.3, -0.25) is 14.9 Å². The molecule has 0 radical (unpaired) electrons. The number of hydrogen-bond acceptors (Lipinski definition) is 5. The van der Waals surface area contributed by atoms with Crippen molar-refractivity contribution in [3.05, 3.63) is 85.3 Å². The second kappa shape index (κ2) is 6.04. The van der Waals surface area contributed by atoms with Crippen LogP contribution in [0, 0.1) is 0 Å². The summed E-state index contributed by atoms with van der Waals surface area (Å²) in [5.41, 5.74) is 4.20. The Morgan fingerprint density at radius 1 is 0.607 bits per heavy atom. The second-order valence-electron chi connectivity index (χ2n) is 6.60. The first-order valence-electron chi connectivity index (χ1n) is 9.05. The molecule has 3 aromatic heterocycles. The Hall–Kier alpha value is -3.44. The standard InChI is InChI=1S/C23H14N4S/c1-3-9-17-15(7-1)22-19(13-25-17)28-20-14-26-18-10-4-2-8-16(18)23(20)27(22)21-11-5-6-12-24-21/h1-14H. The molecular weight excluding hydrogens is 364 g/mol. The summed E-state index contributed by atoms with van der Waals surface area (Å²) in [7, 11) is 0. The molecule has 132 valence electrons. The number of pyridine rings is 3. The van der Waals surface area contributed by atoms with Crippen molar-refractivity contribution in [2.45, 2.75) is 9.79 Å². The van der Waals surface area contributed by atoms with Crippen LogP contribution in [0.3, 0.4) is 0 Å². The summed E-state index contributed by atoms with van der Waals surface area (Å²) >= 11 is 1.72. The van der Waals surface area contributed by atoms with Crippen molar-refractivity contribution >= 4 is 50.8 Å². The molecule has 0 N–H and O–H groups in total. The van der Waals surface area contributed by atoms with Crippen molar-refractivity contribution in [2.24, 2.45) is 0 Å². The zero-order chi connectivity index (χ0) is 18.5. The van der Waals surface area contributed by atoms with Crippen molar-refractivity contribution < 1.29 is 0 Å². The molecule has 0 unspecified atom stereocenters. The topological polar surface area (TPSA) is 41.9 Å². The van der Waals surface area contributed by atoms with Gasteiger partial charge in [0.2, 0.25) is 0 Å². The van der Waals surface area contributed by atoms with Crippen molar-refractivity contribution in [3.63, 3.8) is 0 Å². The molecule has 5 heteroatoms. The molecule has 0 atom stereocenters. The van der Waals surface area contributed by atoms with Crippen LogP contribution in [-0.2, 0) is 0 Å². The molecule has 0 saturated carbocycles. The number of fused-ring (bicyclic) bond motifs is 6. The molecule has 2 aromatic carbocycles. The largest absolute Gasteiger partial charge is 0.291 e. The monoisotopic (exact) mass is 378 g/mol. The van der Waals surface area contributed by atoms with Crippen LogP contribution in [0.4, 0.5) is 17.2 Å². The zero-order valence-corrected chi connectivity index (χ0v) is 15.6. The van der Waals surface area contributed by atoms with Crippen molar-refractivity contribution in [3.8, 4) is 0 Å². The number of nitrogens with zero attached hydrogens (tertiary/aromatic N) is 4. The lowest BCUT2D eigenvalue weighted by atomic mass is 10.1. The summed E-state index contributed by atoms with van der Waals surface area (Å²) < 4.78 is 0. The molecule has 5 aromatic rings. The molecule has 28 heavy (non-hydrogen) atoms. The summed E-state index contributed by atoms with van der Waals surface area (Å²) in [6.07, 6.45) is 5.75. The summed E-state index contributed by atoms with van der Waals surface area (Å²) in [6, 6.07) is 22.6. The van der Waals surface area contributed by atoms with Gasteiger partial charge in [-0.25, -0.2) is 4.98 Å². The lowest BCUT2D eigenvalue weighted by Gasteiger charge is -2.33. The van der Waals surface area contributed by atoms with E-state index in [0.29, 0.717) is 0 Å². The van der Waals surface area contributed by atoms with Gasteiger partial charge in [-0.1, -0.05) is 54.2 Å². The minimum Gasteiger partial charge on any atom is -0.291 e. The van der Waals surface area contributed by atoms with E-state index in [-0.39, 0.29) is 0 Å². The van der Waals surface area contributed by atoms with Crippen LogP contribution in [0.15, 0.2) is 95.1 Å². The number of aromatic nitrogens is 3. The Bertz CT molecular complexity index is 1270. The Balaban J connectivity index is 1.77. The second-order valence-corrected chi connectivity index (χ2v) is 7.69. The Labute approximate surface area is 165 Å². The van der Waals surface area contributed by atoms with E-state index in [1.54, 1.807) is 11.8 Å². The number of benzene rings is 2. The van der Waals surface area contributed by atoms with Crippen LogP contribution in [0.1, 0.15) is 0 Å². The van der Waals surface area contributed by atoms with E-state index in [1.807, 2.05) is 48.9 Å². The highest BCUT2D eigenvalue weighted by atomic mass is 32.2. The fourth-order valence-corrected chi connectivity index (χ4v) is 4.82. The highest BCUT2D eigenvalue weighted by molar-refractivity contribution is 7.99. The van der Waals surface area contributed by atoms with Gasteiger partial charge in [-0.15, -0.1) is 0 Å². The van der Waals surface area contributed by atoms with Gasteiger partial charge in [0.05, 0.1) is 32.2 Å². The van der Waals surface area contributed by atoms with E-state index in [0.717, 1.165) is 48.8 Å². The fraction of sp³-hybridized carbons (Fsp3) is 0. The van der Waals surface area contributed by atoms with E-state index < -0.39 is 0 Å². The predicted molar refractivity (Wildman–Crippen MR) is 114 cm³/mol. The normalized spacial score (nSPS) is 12.8. The summed E-state index contributed by atoms with van der Waals surface area (Å²) in [6.45, 7) is 0. The first-order valence-corrected chi connectivity index (χ1v) is 9.86. The number of rotatable bonds is 1. The Kier molecular flexibility index (Phi) is 3.36. The van der Waals surface area contributed by atoms with Crippen LogP contribution in [0.25, 0.3) is 21.8 Å². The molecule has 4 nitrogen and oxygen atoms in total. The predicted octanol–water partition coefficient (Wildman–Crippen LogP) is 6.11. The van der Waals surface area contributed by atoms with Crippen molar-refractivity contribution in [1.29, 1.82) is 0 Å². The third kappa shape index (κ3) is 2.23. The first-order chi connectivity index (χ1) is 13.9. The van der Waals surface area contributed by atoms with Gasteiger partial charge in [0.15, 0.2) is 0 Å². The van der Waals surface area contributed by atoms with Gasteiger partial charge in [0.25, 0.3) is 0 Å². The average Bonchev–Trinajstić information content (AvgIpc) is 2.78. The average molecular weight is 378 g/mol. The molecule has 0 bridgehead atoms. The maximum absolute atomic E-state index is 4.69. The van der Waals surface area contributed by atoms with Gasteiger partial charge in [0.1, 0.15) is 5.82 Å². The van der Waals surface area contributed by atoms with Gasteiger partial charge >= 0.3 is 0 Å². The minimum atomic E-state index is 0.887. The maximum atomic E-state index is 4.69. The lowest BCUT2D eigenvalue weighted by Crippen LogP contribution is -2.17. The van der Waals surface area contributed by atoms with Gasteiger partial charge in [-0.2, -0.15) is 0 Å². The summed E-state index contributed by atoms with van der Waals surface area (Å²) in [5, 5.41) is 2.23. The molecule has 0 amide bonds. The minimum absolute atomic E-state index is 0.887. The van der Waals surface area contributed by atoms with Crippen LogP contribution < -0.4 is 4.90 Å². The molecule has 1 aliphatic rings. The van der Waals surface area contributed by atoms with E-state index >= 15 is 0 Å². The highest BCUT2D eigenvalue weighted by Gasteiger charge is 2.29. The van der Waals surface area contributed by atoms with E-state index in [4.69, 9.17) is 0 Å². The fourth-order valence-electron chi connectivity index (χ4n) is 3.77. The van der Waals surface area contributed by atoms with Crippen LogP contribution in [0.5, 0.6) is 0 Å². The molecule has 1 aliphatic heterocycles. The quantitative estimate of drug-likeness (QED) is 0.345. The SMILES string of the molecule is c1ccc(N2c3c(cnc4ccccc34)Sc3cnc4ccccc4c32)nc1. The van der Waals surface area contributed by atoms with Crippen LogP contribution in [0.2, 0.25) is 0 Å². The Morgan fingerprint density at radius 3 is 1.75 bits per heavy atom. The van der Waals surface area contributed by atoms with Gasteiger partial charge < -0.3 is 0 Å². The number of anilines is 3. The first kappa shape index (κ1) is 15.6. The maximum Gasteiger partial charge on any atom is 0.137 e. The van der Waals surface area contributed by atoms with E-state index in [2.05, 4.69) is 56.3 Å². The third-order valence-corrected chi connectivity index (χ3v) is 6.01. The number of para-hydroxylation sites is 2. The molecule has 0 saturated heterocycles. The third-order valence-electron chi connectivity index (χ3n) is 4.97.